The number of rotatable bonds is 14. The van der Waals surface area contributed by atoms with Gasteiger partial charge in [0, 0.05) is 23.5 Å². The van der Waals surface area contributed by atoms with Crippen molar-refractivity contribution in [2.45, 2.75) is 56.5 Å². The Bertz CT molecular complexity index is 1210. The molecule has 15 nitrogen and oxygen atoms in total. The fourth-order valence-corrected chi connectivity index (χ4v) is 3.61. The second kappa shape index (κ2) is 13.2. The van der Waals surface area contributed by atoms with Crippen LogP contribution in [-0.2, 0) is 35.2 Å². The van der Waals surface area contributed by atoms with Crippen molar-refractivity contribution in [3.05, 3.63) is 36.0 Å². The average molecular weight is 535 g/mol. The number of carbonyl (C=O) groups excluding carboxylic acids is 4. The Morgan fingerprint density at radius 2 is 1.55 bits per heavy atom. The first-order valence-electron chi connectivity index (χ1n) is 11.4. The first-order valence-corrected chi connectivity index (χ1v) is 11.4. The second-order valence-corrected chi connectivity index (χ2v) is 8.63. The fourth-order valence-electron chi connectivity index (χ4n) is 3.61. The van der Waals surface area contributed by atoms with Gasteiger partial charge in [0.15, 0.2) is 0 Å². The van der Waals surface area contributed by atoms with Crippen LogP contribution < -0.4 is 27.4 Å². The third kappa shape index (κ3) is 8.28. The Labute approximate surface area is 215 Å². The lowest BCUT2D eigenvalue weighted by atomic mass is 10.0. The van der Waals surface area contributed by atoms with Crippen molar-refractivity contribution in [3.8, 4) is 0 Å². The largest absolute Gasteiger partial charge is 0.481 e. The van der Waals surface area contributed by atoms with E-state index in [1.807, 2.05) is 0 Å². The molecule has 0 radical (unpaired) electrons. The van der Waals surface area contributed by atoms with Crippen LogP contribution in [0, 0.1) is 0 Å². The number of nitrogens with one attached hydrogen (secondary N) is 4. The first-order chi connectivity index (χ1) is 17.8. The van der Waals surface area contributed by atoms with Gasteiger partial charge < -0.3 is 47.7 Å². The predicted octanol–water partition coefficient (Wildman–Crippen LogP) is -2.69. The van der Waals surface area contributed by atoms with Gasteiger partial charge in [0.05, 0.1) is 25.0 Å². The van der Waals surface area contributed by atoms with Crippen LogP contribution in [0.25, 0.3) is 10.9 Å². The highest BCUT2D eigenvalue weighted by molar-refractivity contribution is 5.96. The Morgan fingerprint density at radius 1 is 0.921 bits per heavy atom. The number of fused-ring (bicyclic) bond motifs is 1. The van der Waals surface area contributed by atoms with E-state index in [0.717, 1.165) is 17.8 Å². The molecule has 38 heavy (non-hydrogen) atoms. The van der Waals surface area contributed by atoms with Gasteiger partial charge in [-0.05, 0) is 18.6 Å². The van der Waals surface area contributed by atoms with E-state index in [1.54, 1.807) is 30.5 Å². The summed E-state index contributed by atoms with van der Waals surface area (Å²) in [5, 5.41) is 36.0. The number of H-pyrrole nitrogens is 1. The van der Waals surface area contributed by atoms with Crippen LogP contribution >= 0.6 is 0 Å². The van der Waals surface area contributed by atoms with Gasteiger partial charge in [0.2, 0.25) is 23.6 Å². The lowest BCUT2D eigenvalue weighted by Crippen LogP contribution is -2.60. The van der Waals surface area contributed by atoms with Crippen LogP contribution in [0.2, 0.25) is 0 Å². The molecule has 0 saturated carbocycles. The smallest absolute Gasteiger partial charge is 0.326 e. The monoisotopic (exact) mass is 534 g/mol. The number of para-hydroxylation sites is 1. The summed E-state index contributed by atoms with van der Waals surface area (Å²) in [5.74, 6) is -7.05. The van der Waals surface area contributed by atoms with E-state index in [1.165, 1.54) is 0 Å². The van der Waals surface area contributed by atoms with E-state index < -0.39 is 78.7 Å². The molecule has 15 heteroatoms. The molecule has 0 aliphatic rings. The highest BCUT2D eigenvalue weighted by Crippen LogP contribution is 2.19. The third-order valence-electron chi connectivity index (χ3n) is 5.55. The standard InChI is InChI=1S/C23H30N6O9/c1-10(30)19(29-20(34)13(24)7-17(25)31)22(36)27-15(8-18(32)33)21(35)28-16(23(37)38)6-11-9-26-14-5-3-2-4-12(11)14/h2-5,9-10,13,15-16,19,26,30H,6-8,24H2,1H3,(H2,25,31)(H,27,36)(H,28,35)(H,29,34)(H,32,33)(H,37,38). The molecule has 1 aromatic carbocycles. The van der Waals surface area contributed by atoms with Crippen molar-refractivity contribution in [2.24, 2.45) is 11.5 Å². The average Bonchev–Trinajstić information content (AvgIpc) is 3.23. The van der Waals surface area contributed by atoms with E-state index in [2.05, 4.69) is 20.9 Å². The minimum absolute atomic E-state index is 0.150. The quantitative estimate of drug-likeness (QED) is 0.121. The second-order valence-electron chi connectivity index (χ2n) is 8.63. The number of aromatic amines is 1. The predicted molar refractivity (Wildman–Crippen MR) is 131 cm³/mol. The maximum atomic E-state index is 12.9. The normalized spacial score (nSPS) is 14.9. The van der Waals surface area contributed by atoms with Crippen molar-refractivity contribution < 1.29 is 44.1 Å². The van der Waals surface area contributed by atoms with E-state index in [4.69, 9.17) is 11.5 Å². The number of aliphatic hydroxyl groups is 1. The molecule has 0 aliphatic carbocycles. The Hall–Kier alpha value is -4.50. The van der Waals surface area contributed by atoms with E-state index in [9.17, 15) is 44.1 Å². The van der Waals surface area contributed by atoms with Gasteiger partial charge >= 0.3 is 11.9 Å². The van der Waals surface area contributed by atoms with Gasteiger partial charge in [0.1, 0.15) is 18.1 Å². The number of benzene rings is 1. The van der Waals surface area contributed by atoms with Crippen molar-refractivity contribution in [3.63, 3.8) is 0 Å². The molecule has 5 unspecified atom stereocenters. The van der Waals surface area contributed by atoms with Gasteiger partial charge in [-0.1, -0.05) is 18.2 Å². The minimum Gasteiger partial charge on any atom is -0.481 e. The Balaban J connectivity index is 2.17. The maximum Gasteiger partial charge on any atom is 0.326 e. The summed E-state index contributed by atoms with van der Waals surface area (Å²) >= 11 is 0. The van der Waals surface area contributed by atoms with Crippen molar-refractivity contribution in [1.29, 1.82) is 0 Å². The third-order valence-corrected chi connectivity index (χ3v) is 5.55. The molecular formula is C23H30N6O9. The van der Waals surface area contributed by atoms with Gasteiger partial charge in [-0.15, -0.1) is 0 Å². The number of carboxylic acid groups (broad SMARTS) is 2. The number of primary amides is 1. The number of hydrogen-bond donors (Lipinski definition) is 9. The molecule has 4 amide bonds. The fraction of sp³-hybridized carbons (Fsp3) is 0.391. The molecule has 0 fully saturated rings. The van der Waals surface area contributed by atoms with E-state index in [-0.39, 0.29) is 6.42 Å². The van der Waals surface area contributed by atoms with Crippen molar-refractivity contribution in [2.75, 3.05) is 0 Å². The lowest BCUT2D eigenvalue weighted by molar-refractivity contribution is -0.143. The van der Waals surface area contributed by atoms with E-state index >= 15 is 0 Å². The zero-order chi connectivity index (χ0) is 28.6. The molecule has 11 N–H and O–H groups in total. The molecular weight excluding hydrogens is 504 g/mol. The summed E-state index contributed by atoms with van der Waals surface area (Å²) in [6.07, 6.45) is -1.57. The zero-order valence-electron chi connectivity index (χ0n) is 20.3. The van der Waals surface area contributed by atoms with Crippen LogP contribution in [-0.4, -0.2) is 86.1 Å². The molecule has 2 rings (SSSR count). The number of nitrogens with two attached hydrogens (primary N) is 2. The summed E-state index contributed by atoms with van der Waals surface area (Å²) in [7, 11) is 0. The topological polar surface area (TPSA) is 267 Å². The van der Waals surface area contributed by atoms with Crippen LogP contribution in [0.5, 0.6) is 0 Å². The zero-order valence-corrected chi connectivity index (χ0v) is 20.3. The summed E-state index contributed by atoms with van der Waals surface area (Å²) < 4.78 is 0. The molecule has 0 spiro atoms. The molecule has 1 heterocycles. The number of carboxylic acids is 2. The number of amides is 4. The van der Waals surface area contributed by atoms with Crippen LogP contribution in [0.4, 0.5) is 0 Å². The molecule has 1 aromatic heterocycles. The number of aliphatic hydroxyl groups excluding tert-OH is 1. The summed E-state index contributed by atoms with van der Waals surface area (Å²) in [6.45, 7) is 1.14. The Kier molecular flexibility index (Phi) is 10.3. The van der Waals surface area contributed by atoms with E-state index in [0.29, 0.717) is 5.56 Å². The summed E-state index contributed by atoms with van der Waals surface area (Å²) in [5.41, 5.74) is 11.8. The number of aromatic nitrogens is 1. The molecule has 0 saturated heterocycles. The molecule has 206 valence electrons. The van der Waals surface area contributed by atoms with Gasteiger partial charge in [-0.25, -0.2) is 4.79 Å². The molecule has 0 bridgehead atoms. The minimum atomic E-state index is -1.76. The summed E-state index contributed by atoms with van der Waals surface area (Å²) in [4.78, 5) is 75.0. The van der Waals surface area contributed by atoms with Crippen LogP contribution in [0.15, 0.2) is 30.5 Å². The SMILES string of the molecule is CC(O)C(NC(=O)C(N)CC(N)=O)C(=O)NC(CC(=O)O)C(=O)NC(Cc1c[nH]c2ccccc12)C(=O)O. The molecule has 2 aromatic rings. The highest BCUT2D eigenvalue weighted by Gasteiger charge is 2.33. The first kappa shape index (κ1) is 29.7. The summed E-state index contributed by atoms with van der Waals surface area (Å²) in [6, 6.07) is 0.722. The number of aliphatic carboxylic acids is 2. The Morgan fingerprint density at radius 3 is 2.13 bits per heavy atom. The molecule has 5 atom stereocenters. The van der Waals surface area contributed by atoms with Crippen LogP contribution in [0.1, 0.15) is 25.3 Å². The van der Waals surface area contributed by atoms with Crippen molar-refractivity contribution >= 4 is 46.5 Å². The maximum absolute atomic E-state index is 12.9. The van der Waals surface area contributed by atoms with Gasteiger partial charge in [-0.3, -0.25) is 24.0 Å². The van der Waals surface area contributed by atoms with Crippen molar-refractivity contribution in [1.82, 2.24) is 20.9 Å². The number of hydrogen-bond acceptors (Lipinski definition) is 8. The highest BCUT2D eigenvalue weighted by atomic mass is 16.4. The number of carbonyl (C=O) groups is 6. The van der Waals surface area contributed by atoms with Crippen LogP contribution in [0.3, 0.4) is 0 Å². The lowest BCUT2D eigenvalue weighted by Gasteiger charge is -2.25. The van der Waals surface area contributed by atoms with Gasteiger partial charge in [-0.2, -0.15) is 0 Å². The molecule has 0 aliphatic heterocycles. The van der Waals surface area contributed by atoms with Gasteiger partial charge in [0.25, 0.3) is 0 Å².